The molecule has 0 fully saturated rings. The number of nitrogens with one attached hydrogen (secondary N) is 2. The molecule has 0 aromatic carbocycles. The Balaban J connectivity index is 2.40. The Morgan fingerprint density at radius 2 is 2.18 bits per heavy atom. The Morgan fingerprint density at radius 3 is 2.71 bits per heavy atom. The van der Waals surface area contributed by atoms with E-state index in [4.69, 9.17) is 9.15 Å². The van der Waals surface area contributed by atoms with Gasteiger partial charge in [-0.3, -0.25) is 4.99 Å². The van der Waals surface area contributed by atoms with Crippen molar-refractivity contribution in [1.82, 2.24) is 10.6 Å². The van der Waals surface area contributed by atoms with Gasteiger partial charge in [0.1, 0.15) is 11.5 Å². The summed E-state index contributed by atoms with van der Waals surface area (Å²) in [7, 11) is 3.42. The minimum atomic E-state index is 0.657. The molecule has 2 N–H and O–H groups in total. The highest BCUT2D eigenvalue weighted by molar-refractivity contribution is 5.79. The summed E-state index contributed by atoms with van der Waals surface area (Å²) in [5, 5.41) is 6.37. The maximum atomic E-state index is 5.46. The van der Waals surface area contributed by atoms with E-state index in [0.29, 0.717) is 13.2 Å². The zero-order chi connectivity index (χ0) is 12.7. The van der Waals surface area contributed by atoms with Crippen molar-refractivity contribution < 1.29 is 9.15 Å². The Kier molecular flexibility index (Phi) is 5.56. The van der Waals surface area contributed by atoms with Crippen LogP contribution in [0.5, 0.6) is 0 Å². The van der Waals surface area contributed by atoms with Crippen molar-refractivity contribution in [3.05, 3.63) is 23.2 Å². The van der Waals surface area contributed by atoms with Crippen LogP contribution in [0.15, 0.2) is 15.5 Å². The second-order valence-electron chi connectivity index (χ2n) is 3.78. The first kappa shape index (κ1) is 13.6. The van der Waals surface area contributed by atoms with Gasteiger partial charge in [-0.05, 0) is 19.9 Å². The molecule has 1 aromatic heterocycles. The van der Waals surface area contributed by atoms with E-state index >= 15 is 0 Å². The maximum Gasteiger partial charge on any atom is 0.191 e. The Bertz CT molecular complexity index is 372. The highest BCUT2D eigenvalue weighted by Gasteiger charge is 2.05. The van der Waals surface area contributed by atoms with Crippen molar-refractivity contribution in [2.75, 3.05) is 27.3 Å². The number of aryl methyl sites for hydroxylation is 2. The van der Waals surface area contributed by atoms with Crippen LogP contribution in [0.1, 0.15) is 17.1 Å². The van der Waals surface area contributed by atoms with Gasteiger partial charge < -0.3 is 19.8 Å². The predicted octanol–water partition coefficient (Wildman–Crippen LogP) is 1.21. The largest absolute Gasteiger partial charge is 0.466 e. The molecule has 5 heteroatoms. The third-order valence-electron chi connectivity index (χ3n) is 2.41. The number of nitrogens with zero attached hydrogens (tertiary/aromatic N) is 1. The lowest BCUT2D eigenvalue weighted by Crippen LogP contribution is -2.38. The van der Waals surface area contributed by atoms with Crippen molar-refractivity contribution in [2.45, 2.75) is 20.4 Å². The van der Waals surface area contributed by atoms with E-state index in [9.17, 15) is 0 Å². The van der Waals surface area contributed by atoms with Crippen molar-refractivity contribution in [2.24, 2.45) is 4.99 Å². The lowest BCUT2D eigenvalue weighted by Gasteiger charge is -2.10. The second-order valence-corrected chi connectivity index (χ2v) is 3.78. The Labute approximate surface area is 102 Å². The topological polar surface area (TPSA) is 58.8 Å². The number of aliphatic imine (C=N–C) groups is 1. The monoisotopic (exact) mass is 239 g/mol. The average Bonchev–Trinajstić information content (AvgIpc) is 2.62. The molecule has 1 aromatic rings. The van der Waals surface area contributed by atoms with Gasteiger partial charge in [-0.25, -0.2) is 0 Å². The van der Waals surface area contributed by atoms with Gasteiger partial charge in [0.15, 0.2) is 5.96 Å². The first-order valence-corrected chi connectivity index (χ1v) is 5.66. The van der Waals surface area contributed by atoms with E-state index in [1.165, 1.54) is 0 Å². The molecule has 0 aliphatic heterocycles. The molecule has 0 aliphatic rings. The third-order valence-corrected chi connectivity index (χ3v) is 2.41. The van der Waals surface area contributed by atoms with Crippen molar-refractivity contribution in [3.63, 3.8) is 0 Å². The van der Waals surface area contributed by atoms with Crippen molar-refractivity contribution in [3.8, 4) is 0 Å². The smallest absolute Gasteiger partial charge is 0.191 e. The summed E-state index contributed by atoms with van der Waals surface area (Å²) in [4.78, 5) is 4.12. The van der Waals surface area contributed by atoms with Crippen LogP contribution in [0.25, 0.3) is 0 Å². The van der Waals surface area contributed by atoms with E-state index in [-0.39, 0.29) is 0 Å². The molecule has 0 spiro atoms. The van der Waals surface area contributed by atoms with Crippen LogP contribution < -0.4 is 10.6 Å². The maximum absolute atomic E-state index is 5.46. The van der Waals surface area contributed by atoms with Crippen LogP contribution >= 0.6 is 0 Å². The molecule has 0 bridgehead atoms. The van der Waals surface area contributed by atoms with Gasteiger partial charge in [-0.1, -0.05) is 0 Å². The fourth-order valence-electron chi connectivity index (χ4n) is 1.53. The van der Waals surface area contributed by atoms with E-state index in [2.05, 4.69) is 15.6 Å². The molecule has 96 valence electrons. The number of rotatable bonds is 5. The van der Waals surface area contributed by atoms with Crippen LogP contribution in [-0.4, -0.2) is 33.3 Å². The highest BCUT2D eigenvalue weighted by Crippen LogP contribution is 2.12. The van der Waals surface area contributed by atoms with Gasteiger partial charge in [-0.2, -0.15) is 0 Å². The third kappa shape index (κ3) is 4.48. The van der Waals surface area contributed by atoms with Crippen LogP contribution in [0, 0.1) is 13.8 Å². The number of guanidine groups is 1. The Hall–Kier alpha value is -1.49. The molecule has 0 saturated heterocycles. The summed E-state index contributed by atoms with van der Waals surface area (Å²) in [6.07, 6.45) is 0. The normalized spacial score (nSPS) is 11.6. The van der Waals surface area contributed by atoms with E-state index in [1.54, 1.807) is 14.2 Å². The summed E-state index contributed by atoms with van der Waals surface area (Å²) in [6.45, 7) is 6.01. The SMILES string of the molecule is CN=C(NCCOC)NCc1cc(C)oc1C. The minimum absolute atomic E-state index is 0.657. The number of ether oxygens (including phenoxy) is 1. The van der Waals surface area contributed by atoms with E-state index in [0.717, 1.165) is 29.6 Å². The van der Waals surface area contributed by atoms with Crippen LogP contribution in [0.4, 0.5) is 0 Å². The Morgan fingerprint density at radius 1 is 1.41 bits per heavy atom. The van der Waals surface area contributed by atoms with E-state index in [1.807, 2.05) is 19.9 Å². The lowest BCUT2D eigenvalue weighted by atomic mass is 10.2. The minimum Gasteiger partial charge on any atom is -0.466 e. The quantitative estimate of drug-likeness (QED) is 0.460. The molecule has 17 heavy (non-hydrogen) atoms. The molecule has 0 atom stereocenters. The molecule has 5 nitrogen and oxygen atoms in total. The van der Waals surface area contributed by atoms with Gasteiger partial charge in [0.25, 0.3) is 0 Å². The van der Waals surface area contributed by atoms with Crippen LogP contribution in [-0.2, 0) is 11.3 Å². The van der Waals surface area contributed by atoms with Gasteiger partial charge in [0.2, 0.25) is 0 Å². The van der Waals surface area contributed by atoms with E-state index < -0.39 is 0 Å². The first-order valence-electron chi connectivity index (χ1n) is 5.66. The van der Waals surface area contributed by atoms with Gasteiger partial charge in [-0.15, -0.1) is 0 Å². The zero-order valence-electron chi connectivity index (χ0n) is 11.0. The molecule has 0 radical (unpaired) electrons. The van der Waals surface area contributed by atoms with Gasteiger partial charge >= 0.3 is 0 Å². The average molecular weight is 239 g/mol. The summed E-state index contributed by atoms with van der Waals surface area (Å²) in [5.41, 5.74) is 1.15. The predicted molar refractivity (Wildman–Crippen MR) is 68.3 cm³/mol. The lowest BCUT2D eigenvalue weighted by molar-refractivity contribution is 0.203. The highest BCUT2D eigenvalue weighted by atomic mass is 16.5. The molecular weight excluding hydrogens is 218 g/mol. The first-order chi connectivity index (χ1) is 8.17. The molecule has 0 unspecified atom stereocenters. The van der Waals surface area contributed by atoms with Crippen LogP contribution in [0.3, 0.4) is 0 Å². The van der Waals surface area contributed by atoms with Crippen molar-refractivity contribution in [1.29, 1.82) is 0 Å². The molecule has 0 saturated carbocycles. The molecule has 0 amide bonds. The molecular formula is C12H21N3O2. The number of methoxy groups -OCH3 is 1. The molecule has 1 rings (SSSR count). The summed E-state index contributed by atoms with van der Waals surface area (Å²) in [6, 6.07) is 2.03. The fraction of sp³-hybridized carbons (Fsp3) is 0.583. The summed E-state index contributed by atoms with van der Waals surface area (Å²) < 4.78 is 10.4. The number of furan rings is 1. The fourth-order valence-corrected chi connectivity index (χ4v) is 1.53. The number of hydrogen-bond donors (Lipinski definition) is 2. The number of hydrogen-bond acceptors (Lipinski definition) is 3. The standard InChI is InChI=1S/C12H21N3O2/c1-9-7-11(10(2)17-9)8-15-12(13-3)14-5-6-16-4/h7H,5-6,8H2,1-4H3,(H2,13,14,15). The van der Waals surface area contributed by atoms with Crippen LogP contribution in [0.2, 0.25) is 0 Å². The van der Waals surface area contributed by atoms with Gasteiger partial charge in [0.05, 0.1) is 6.61 Å². The summed E-state index contributed by atoms with van der Waals surface area (Å²) in [5.74, 6) is 2.64. The van der Waals surface area contributed by atoms with Gasteiger partial charge in [0, 0.05) is 32.8 Å². The molecule has 0 aliphatic carbocycles. The molecule has 1 heterocycles. The summed E-state index contributed by atoms with van der Waals surface area (Å²) >= 11 is 0. The van der Waals surface area contributed by atoms with Crippen molar-refractivity contribution >= 4 is 5.96 Å². The second kappa shape index (κ2) is 6.96. The zero-order valence-corrected chi connectivity index (χ0v) is 11.0.